The Bertz CT molecular complexity index is 2140. The SMILES string of the molecule is CO[C@H]1[C@H](O)[C@@H](O[C@@H]2[C@@H](C)O[C@@H](O[C@@H]3[C@@H](C)O[C@@H](O[C@@H]4CC[C@@]5(C)[C@@H](CC[C@]6(O)[C@@H]5C[C@H](OC(=O)c5ccccc5)[C@@]5(C)[C@@]6(O)CC[C@]5(O)[C@H](C)O)C4)C[C@H]3OC)C[C@H]2OC)O[C@@H](C)[C@@H]1O[C@H]1O[C@@H](CO)[C@H](O)[C@@H](O)[C@@H]1O. The molecule has 9 rings (SSSR count). The number of carbonyl (C=O) groups is 1. The highest BCUT2D eigenvalue weighted by Gasteiger charge is 2.81. The molecule has 1 aromatic carbocycles. The molecule has 0 bridgehead atoms. The maximum atomic E-state index is 13.8. The zero-order valence-electron chi connectivity index (χ0n) is 45.8. The summed E-state index contributed by atoms with van der Waals surface area (Å²) < 4.78 is 74.3. The third-order valence-electron chi connectivity index (χ3n) is 20.1. The first kappa shape index (κ1) is 59.5. The highest BCUT2D eigenvalue weighted by atomic mass is 16.8. The molecule has 8 aliphatic rings. The van der Waals surface area contributed by atoms with E-state index in [-0.39, 0.29) is 44.1 Å². The van der Waals surface area contributed by atoms with Crippen LogP contribution in [-0.4, -0.2) is 226 Å². The van der Waals surface area contributed by atoms with Gasteiger partial charge < -0.3 is 103 Å². The maximum absolute atomic E-state index is 13.8. The topological polar surface area (TPSA) is 310 Å². The van der Waals surface area contributed by atoms with E-state index < -0.39 is 169 Å². The van der Waals surface area contributed by atoms with Gasteiger partial charge in [-0.25, -0.2) is 4.79 Å². The largest absolute Gasteiger partial charge is 0.458 e. The molecule has 22 nitrogen and oxygen atoms in total. The van der Waals surface area contributed by atoms with Crippen molar-refractivity contribution >= 4 is 5.97 Å². The molecule has 4 heterocycles. The molecule has 0 radical (unpaired) electrons. The van der Waals surface area contributed by atoms with Gasteiger partial charge in [0, 0.05) is 34.2 Å². The van der Waals surface area contributed by atoms with Crippen molar-refractivity contribution in [3.8, 4) is 0 Å². The van der Waals surface area contributed by atoms with Gasteiger partial charge in [-0.2, -0.15) is 0 Å². The summed E-state index contributed by atoms with van der Waals surface area (Å²) in [5.41, 5.74) is -7.14. The van der Waals surface area contributed by atoms with Crippen LogP contribution < -0.4 is 0 Å². The van der Waals surface area contributed by atoms with Crippen molar-refractivity contribution in [2.24, 2.45) is 22.7 Å². The molecule has 8 fully saturated rings. The number of hydrogen-bond donors (Lipinski definition) is 9. The predicted octanol–water partition coefficient (Wildman–Crippen LogP) is 0.968. The second kappa shape index (κ2) is 22.9. The van der Waals surface area contributed by atoms with E-state index in [1.807, 2.05) is 6.92 Å². The standard InChI is InChI=1S/C55H86O22/c1-26-44(75-39-23-34(67-8)45(27(2)70-39)76-50-43(61)47(68-9)46(28(3)71-50)77-49-42(60)41(59)40(58)35(25-56)73-49)33(66-7)22-38(69-26)72-32-16-17-51(5)31(21-32)15-18-54(64)36(51)24-37(74-48(62)30-13-11-10-12-14-30)52(6)53(63,29(4)57)19-20-55(52,54)65/h10-14,26-29,31-47,49-50,56-61,63-65H,15-25H2,1-9H3/t26-,27-,28+,29+,31+,32-,33-,34-,35+,36-,37+,38+,39+,40+,41-,42+,43+,44-,45-,46+,47+,49-,50-,51+,52-,53+,54+,55+/m1/s1. The van der Waals surface area contributed by atoms with E-state index in [1.54, 1.807) is 58.2 Å². The molecule has 0 spiro atoms. The molecule has 4 saturated heterocycles. The van der Waals surface area contributed by atoms with Crippen LogP contribution in [-0.2, 0) is 56.8 Å². The maximum Gasteiger partial charge on any atom is 0.338 e. The summed E-state index contributed by atoms with van der Waals surface area (Å²) in [5, 5.41) is 102. The molecule has 77 heavy (non-hydrogen) atoms. The third kappa shape index (κ3) is 10.2. The minimum atomic E-state index is -1.88. The average Bonchev–Trinajstić information content (AvgIpc) is 3.83. The first-order valence-electron chi connectivity index (χ1n) is 27.7. The Balaban J connectivity index is 0.808. The fraction of sp³-hybridized carbons (Fsp3) is 0.873. The highest BCUT2D eigenvalue weighted by Crippen LogP contribution is 2.72. The Morgan fingerprint density at radius 3 is 1.87 bits per heavy atom. The van der Waals surface area contributed by atoms with E-state index in [0.717, 1.165) is 0 Å². The summed E-state index contributed by atoms with van der Waals surface area (Å²) in [6.07, 6.45) is -17.0. The van der Waals surface area contributed by atoms with Gasteiger partial charge >= 0.3 is 5.97 Å². The van der Waals surface area contributed by atoms with Gasteiger partial charge in [-0.1, -0.05) is 32.0 Å². The lowest BCUT2D eigenvalue weighted by atomic mass is 9.40. The van der Waals surface area contributed by atoms with Gasteiger partial charge in [0.15, 0.2) is 25.2 Å². The van der Waals surface area contributed by atoms with Gasteiger partial charge in [-0.15, -0.1) is 0 Å². The van der Waals surface area contributed by atoms with Crippen LogP contribution in [0.1, 0.15) is 116 Å². The monoisotopic (exact) mass is 1100 g/mol. The van der Waals surface area contributed by atoms with Crippen molar-refractivity contribution in [2.45, 2.75) is 251 Å². The van der Waals surface area contributed by atoms with Crippen LogP contribution in [0.25, 0.3) is 0 Å². The number of ether oxygens (including phenoxy) is 12. The molecular weight excluding hydrogens is 1010 g/mol. The second-order valence-corrected chi connectivity index (χ2v) is 23.9. The predicted molar refractivity (Wildman–Crippen MR) is 266 cm³/mol. The summed E-state index contributed by atoms with van der Waals surface area (Å²) in [6, 6.07) is 8.56. The average molecular weight is 1100 g/mol. The summed E-state index contributed by atoms with van der Waals surface area (Å²) in [5.74, 6) is -1.04. The molecule has 22 heteroatoms. The van der Waals surface area contributed by atoms with E-state index in [2.05, 4.69) is 6.92 Å². The van der Waals surface area contributed by atoms with Gasteiger partial charge in [-0.3, -0.25) is 0 Å². The number of rotatable bonds is 15. The minimum Gasteiger partial charge on any atom is -0.458 e. The number of methoxy groups -OCH3 is 3. The number of esters is 1. The molecule has 0 unspecified atom stereocenters. The fourth-order valence-corrected chi connectivity index (χ4v) is 15.4. The molecular formula is C55H86O22. The van der Waals surface area contributed by atoms with Crippen LogP contribution >= 0.6 is 0 Å². The lowest BCUT2D eigenvalue weighted by Crippen LogP contribution is -2.79. The molecule has 1 aromatic rings. The van der Waals surface area contributed by atoms with Gasteiger partial charge in [0.05, 0.1) is 65.9 Å². The lowest BCUT2D eigenvalue weighted by Gasteiger charge is -2.69. The first-order chi connectivity index (χ1) is 36.4. The van der Waals surface area contributed by atoms with Crippen molar-refractivity contribution in [1.82, 2.24) is 0 Å². The van der Waals surface area contributed by atoms with Crippen LogP contribution in [0.4, 0.5) is 0 Å². The summed E-state index contributed by atoms with van der Waals surface area (Å²) in [6.45, 7) is 10.00. The van der Waals surface area contributed by atoms with E-state index in [1.165, 1.54) is 21.1 Å². The van der Waals surface area contributed by atoms with Gasteiger partial charge in [0.1, 0.15) is 72.2 Å². The minimum absolute atomic E-state index is 0.0197. The van der Waals surface area contributed by atoms with E-state index in [9.17, 15) is 50.8 Å². The smallest absolute Gasteiger partial charge is 0.338 e. The third-order valence-corrected chi connectivity index (χ3v) is 20.1. The highest BCUT2D eigenvalue weighted by molar-refractivity contribution is 5.89. The number of benzene rings is 1. The quantitative estimate of drug-likeness (QED) is 0.0873. The molecule has 4 aliphatic heterocycles. The van der Waals surface area contributed by atoms with Crippen LogP contribution in [0.2, 0.25) is 0 Å². The molecule has 0 amide bonds. The van der Waals surface area contributed by atoms with E-state index >= 15 is 0 Å². The zero-order valence-corrected chi connectivity index (χ0v) is 45.8. The second-order valence-electron chi connectivity index (χ2n) is 23.9. The zero-order chi connectivity index (χ0) is 55.7. The van der Waals surface area contributed by atoms with Gasteiger partial charge in [-0.05, 0) is 108 Å². The number of carbonyl (C=O) groups excluding carboxylic acids is 1. The van der Waals surface area contributed by atoms with Crippen molar-refractivity contribution in [3.05, 3.63) is 35.9 Å². The lowest BCUT2D eigenvalue weighted by molar-refractivity contribution is -0.373. The molecule has 9 N–H and O–H groups in total. The fourth-order valence-electron chi connectivity index (χ4n) is 15.4. The van der Waals surface area contributed by atoms with Crippen LogP contribution in [0.3, 0.4) is 0 Å². The Morgan fingerprint density at radius 1 is 0.662 bits per heavy atom. The Labute approximate surface area is 450 Å². The molecule has 0 aromatic heterocycles. The first-order valence-corrected chi connectivity index (χ1v) is 27.7. The number of hydrogen-bond acceptors (Lipinski definition) is 22. The molecule has 438 valence electrons. The number of aliphatic hydroxyl groups is 9. The van der Waals surface area contributed by atoms with E-state index in [4.69, 9.17) is 56.8 Å². The van der Waals surface area contributed by atoms with Crippen molar-refractivity contribution < 1.29 is 108 Å². The van der Waals surface area contributed by atoms with Crippen molar-refractivity contribution in [2.75, 3.05) is 27.9 Å². The van der Waals surface area contributed by atoms with Crippen molar-refractivity contribution in [1.29, 1.82) is 0 Å². The summed E-state index contributed by atoms with van der Waals surface area (Å²) >= 11 is 0. The molecule has 4 aliphatic carbocycles. The summed E-state index contributed by atoms with van der Waals surface area (Å²) in [7, 11) is 4.51. The van der Waals surface area contributed by atoms with Crippen molar-refractivity contribution in [3.63, 3.8) is 0 Å². The van der Waals surface area contributed by atoms with E-state index in [0.29, 0.717) is 37.7 Å². The Kier molecular flexibility index (Phi) is 17.7. The van der Waals surface area contributed by atoms with Crippen LogP contribution in [0.5, 0.6) is 0 Å². The van der Waals surface area contributed by atoms with Crippen LogP contribution in [0.15, 0.2) is 30.3 Å². The molecule has 4 saturated carbocycles. The van der Waals surface area contributed by atoms with Crippen LogP contribution in [0, 0.1) is 22.7 Å². The molecule has 28 atom stereocenters. The van der Waals surface area contributed by atoms with Gasteiger partial charge in [0.25, 0.3) is 0 Å². The Morgan fingerprint density at radius 2 is 1.26 bits per heavy atom. The van der Waals surface area contributed by atoms with Gasteiger partial charge in [0.2, 0.25) is 0 Å². The number of fused-ring (bicyclic) bond motifs is 5. The Hall–Kier alpha value is -2.11. The normalized spacial score (nSPS) is 51.5. The summed E-state index contributed by atoms with van der Waals surface area (Å²) in [4.78, 5) is 13.8. The number of aliphatic hydroxyl groups excluding tert-OH is 6.